The summed E-state index contributed by atoms with van der Waals surface area (Å²) in [7, 11) is -3.29. The second kappa shape index (κ2) is 7.68. The largest absolute Gasteiger partial charge is 0.265 e. The second-order valence-electron chi connectivity index (χ2n) is 6.29. The molecule has 0 aliphatic rings. The highest BCUT2D eigenvalue weighted by molar-refractivity contribution is 7.92. The number of nitrogens with zero attached hydrogens (tertiary/aromatic N) is 3. The van der Waals surface area contributed by atoms with Crippen LogP contribution in [0.1, 0.15) is 30.8 Å². The third kappa shape index (κ3) is 4.21. The summed E-state index contributed by atoms with van der Waals surface area (Å²) in [6.07, 6.45) is 5.04. The zero-order valence-electron chi connectivity index (χ0n) is 15.3. The van der Waals surface area contributed by atoms with Gasteiger partial charge < -0.3 is 0 Å². The molecular weight excluding hydrogens is 358 g/mol. The molecule has 0 fully saturated rings. The van der Waals surface area contributed by atoms with Gasteiger partial charge in [0.15, 0.2) is 9.84 Å². The highest BCUT2D eigenvalue weighted by atomic mass is 32.2. The molecule has 0 atom stereocenters. The number of benzene rings is 1. The molecular formula is C21H19N3O2S. The zero-order valence-corrected chi connectivity index (χ0v) is 16.2. The van der Waals surface area contributed by atoms with Crippen molar-refractivity contribution in [2.45, 2.75) is 30.9 Å². The van der Waals surface area contributed by atoms with Crippen LogP contribution >= 0.6 is 0 Å². The predicted octanol–water partition coefficient (Wildman–Crippen LogP) is 3.43. The highest BCUT2D eigenvalue weighted by Gasteiger charge is 2.19. The molecule has 0 N–H and O–H groups in total. The van der Waals surface area contributed by atoms with Crippen LogP contribution in [0.25, 0.3) is 11.3 Å². The summed E-state index contributed by atoms with van der Waals surface area (Å²) in [5, 5.41) is -0.461. The molecule has 0 spiro atoms. The van der Waals surface area contributed by atoms with Crippen molar-refractivity contribution in [2.24, 2.45) is 0 Å². The number of sulfone groups is 1. The Bertz CT molecular complexity index is 1110. The monoisotopic (exact) mass is 377 g/mol. The normalized spacial score (nSPS) is 11.1. The van der Waals surface area contributed by atoms with Gasteiger partial charge in [-0.1, -0.05) is 18.1 Å². The fourth-order valence-corrected chi connectivity index (χ4v) is 3.42. The molecule has 0 aliphatic heterocycles. The highest BCUT2D eigenvalue weighted by Crippen LogP contribution is 2.22. The summed E-state index contributed by atoms with van der Waals surface area (Å²) in [4.78, 5) is 13.2. The lowest BCUT2D eigenvalue weighted by Crippen LogP contribution is -2.13. The number of pyridine rings is 1. The molecule has 0 saturated heterocycles. The Morgan fingerprint density at radius 3 is 2.26 bits per heavy atom. The number of aryl methyl sites for hydroxylation is 1. The van der Waals surface area contributed by atoms with Gasteiger partial charge in [0, 0.05) is 23.5 Å². The van der Waals surface area contributed by atoms with Crippen LogP contribution in [-0.4, -0.2) is 28.6 Å². The Hall–Kier alpha value is -3.04. The van der Waals surface area contributed by atoms with E-state index in [1.807, 2.05) is 19.1 Å². The maximum Gasteiger partial charge on any atom is 0.180 e. The van der Waals surface area contributed by atoms with Gasteiger partial charge in [0.1, 0.15) is 5.69 Å². The molecule has 27 heavy (non-hydrogen) atoms. The topological polar surface area (TPSA) is 72.8 Å². The minimum Gasteiger partial charge on any atom is -0.265 e. The van der Waals surface area contributed by atoms with Crippen molar-refractivity contribution < 1.29 is 8.42 Å². The van der Waals surface area contributed by atoms with Crippen molar-refractivity contribution in [2.75, 3.05) is 0 Å². The van der Waals surface area contributed by atoms with E-state index in [0.29, 0.717) is 16.3 Å². The van der Waals surface area contributed by atoms with E-state index in [-0.39, 0.29) is 0 Å². The van der Waals surface area contributed by atoms with E-state index >= 15 is 0 Å². The number of aromatic nitrogens is 3. The average Bonchev–Trinajstić information content (AvgIpc) is 2.68. The van der Waals surface area contributed by atoms with Crippen LogP contribution in [0.4, 0.5) is 0 Å². The van der Waals surface area contributed by atoms with Gasteiger partial charge in [0.2, 0.25) is 0 Å². The molecule has 3 rings (SSSR count). The average molecular weight is 377 g/mol. The van der Waals surface area contributed by atoms with E-state index in [0.717, 1.165) is 16.8 Å². The van der Waals surface area contributed by atoms with Gasteiger partial charge in [-0.15, -0.1) is 0 Å². The van der Waals surface area contributed by atoms with E-state index in [1.54, 1.807) is 56.7 Å². The predicted molar refractivity (Wildman–Crippen MR) is 105 cm³/mol. The minimum atomic E-state index is -3.29. The van der Waals surface area contributed by atoms with Crippen LogP contribution in [-0.2, 0) is 9.84 Å². The quantitative estimate of drug-likeness (QED) is 0.654. The summed E-state index contributed by atoms with van der Waals surface area (Å²) in [6.45, 7) is 5.19. The lowest BCUT2D eigenvalue weighted by atomic mass is 10.1. The van der Waals surface area contributed by atoms with Crippen molar-refractivity contribution in [3.05, 3.63) is 71.9 Å². The van der Waals surface area contributed by atoms with Crippen LogP contribution in [0.2, 0.25) is 0 Å². The standard InChI is InChI=1S/C21H19N3O2S/c1-15(2)27(25,26)19-7-5-18(6-8-19)21-14-23-16(3)20(24-21)9-4-17-10-12-22-13-11-17/h5-8,10-15H,1-3H3. The number of rotatable bonds is 3. The molecule has 0 radical (unpaired) electrons. The van der Waals surface area contributed by atoms with Gasteiger partial charge in [0.25, 0.3) is 0 Å². The SMILES string of the molecule is Cc1ncc(-c2ccc(S(=O)(=O)C(C)C)cc2)nc1C#Cc1ccncc1. The van der Waals surface area contributed by atoms with E-state index in [1.165, 1.54) is 0 Å². The molecule has 1 aromatic carbocycles. The maximum atomic E-state index is 12.2. The molecule has 5 nitrogen and oxygen atoms in total. The van der Waals surface area contributed by atoms with Crippen molar-refractivity contribution in [1.29, 1.82) is 0 Å². The molecule has 0 aliphatic carbocycles. The van der Waals surface area contributed by atoms with Crippen LogP contribution < -0.4 is 0 Å². The maximum absolute atomic E-state index is 12.2. The number of hydrogen-bond donors (Lipinski definition) is 0. The third-order valence-electron chi connectivity index (χ3n) is 4.06. The van der Waals surface area contributed by atoms with Gasteiger partial charge in [-0.25, -0.2) is 13.4 Å². The first kappa shape index (κ1) is 18.7. The van der Waals surface area contributed by atoms with E-state index in [4.69, 9.17) is 0 Å². The Kier molecular flexibility index (Phi) is 5.33. The second-order valence-corrected chi connectivity index (χ2v) is 8.80. The van der Waals surface area contributed by atoms with Crippen LogP contribution in [0.5, 0.6) is 0 Å². The summed E-state index contributed by atoms with van der Waals surface area (Å²) < 4.78 is 24.5. The minimum absolute atomic E-state index is 0.305. The van der Waals surface area contributed by atoms with Crippen molar-refractivity contribution in [3.8, 4) is 23.1 Å². The van der Waals surface area contributed by atoms with Crippen molar-refractivity contribution >= 4 is 9.84 Å². The first-order valence-corrected chi connectivity index (χ1v) is 10.0. The Labute approximate surface area is 159 Å². The first-order chi connectivity index (χ1) is 12.9. The molecule has 6 heteroatoms. The zero-order chi connectivity index (χ0) is 19.4. The lowest BCUT2D eigenvalue weighted by molar-refractivity contribution is 0.587. The van der Waals surface area contributed by atoms with E-state index in [2.05, 4.69) is 26.8 Å². The fourth-order valence-electron chi connectivity index (χ4n) is 2.36. The Morgan fingerprint density at radius 2 is 1.63 bits per heavy atom. The van der Waals surface area contributed by atoms with Crippen molar-refractivity contribution in [1.82, 2.24) is 15.0 Å². The molecule has 3 aromatic rings. The summed E-state index contributed by atoms with van der Waals surface area (Å²) >= 11 is 0. The van der Waals surface area contributed by atoms with Crippen LogP contribution in [0.15, 0.2) is 59.9 Å². The Balaban J connectivity index is 1.94. The van der Waals surface area contributed by atoms with Gasteiger partial charge in [-0.2, -0.15) is 0 Å². The molecule has 0 unspecified atom stereocenters. The number of hydrogen-bond acceptors (Lipinski definition) is 5. The molecule has 0 saturated carbocycles. The van der Waals surface area contributed by atoms with E-state index in [9.17, 15) is 8.42 Å². The summed E-state index contributed by atoms with van der Waals surface area (Å²) in [6, 6.07) is 10.4. The molecule has 136 valence electrons. The van der Waals surface area contributed by atoms with Crippen LogP contribution in [0.3, 0.4) is 0 Å². The fraction of sp³-hybridized carbons (Fsp3) is 0.190. The first-order valence-electron chi connectivity index (χ1n) is 8.48. The van der Waals surface area contributed by atoms with Gasteiger partial charge >= 0.3 is 0 Å². The molecule has 2 aromatic heterocycles. The van der Waals surface area contributed by atoms with Gasteiger partial charge in [-0.05, 0) is 51.0 Å². The molecule has 0 bridgehead atoms. The smallest absolute Gasteiger partial charge is 0.180 e. The Morgan fingerprint density at radius 1 is 0.963 bits per heavy atom. The lowest BCUT2D eigenvalue weighted by Gasteiger charge is -2.09. The third-order valence-corrected chi connectivity index (χ3v) is 6.23. The summed E-state index contributed by atoms with van der Waals surface area (Å²) in [5.74, 6) is 6.09. The van der Waals surface area contributed by atoms with Crippen molar-refractivity contribution in [3.63, 3.8) is 0 Å². The van der Waals surface area contributed by atoms with Crippen LogP contribution in [0, 0.1) is 18.8 Å². The molecule has 2 heterocycles. The van der Waals surface area contributed by atoms with Gasteiger partial charge in [0.05, 0.1) is 27.7 Å². The van der Waals surface area contributed by atoms with Gasteiger partial charge in [-0.3, -0.25) is 9.97 Å². The summed E-state index contributed by atoms with van der Waals surface area (Å²) in [5.41, 5.74) is 3.60. The van der Waals surface area contributed by atoms with E-state index < -0.39 is 15.1 Å². The molecule has 0 amide bonds.